The van der Waals surface area contributed by atoms with E-state index in [1.807, 2.05) is 30.3 Å². The number of hydrogen-bond acceptors (Lipinski definition) is 3. The number of alkyl halides is 1. The molecule has 1 aromatic carbocycles. The molecule has 1 atom stereocenters. The van der Waals surface area contributed by atoms with Crippen molar-refractivity contribution < 1.29 is 9.59 Å². The number of hydrogen-bond donors (Lipinski definition) is 1. The number of ketones is 2. The fraction of sp³-hybridized carbons (Fsp3) is 0.273. The molecule has 0 saturated heterocycles. The molecule has 80 valence electrons. The molecule has 0 bridgehead atoms. The van der Waals surface area contributed by atoms with E-state index in [-0.39, 0.29) is 5.88 Å². The summed E-state index contributed by atoms with van der Waals surface area (Å²) >= 11 is 5.27. The van der Waals surface area contributed by atoms with Crippen molar-refractivity contribution in [2.24, 2.45) is 5.73 Å². The number of halogens is 1. The molecule has 0 aliphatic rings. The van der Waals surface area contributed by atoms with Crippen LogP contribution in [0.3, 0.4) is 0 Å². The number of Topliss-reactive ketones (excluding diaryl/α,β-unsaturated/α-hetero) is 2. The molecular weight excluding hydrogens is 214 g/mol. The number of nitrogens with two attached hydrogens (primary N) is 1. The summed E-state index contributed by atoms with van der Waals surface area (Å²) in [5.41, 5.74) is 6.53. The van der Waals surface area contributed by atoms with Crippen LogP contribution in [0.5, 0.6) is 0 Å². The zero-order valence-electron chi connectivity index (χ0n) is 8.15. The third kappa shape index (κ3) is 3.46. The van der Waals surface area contributed by atoms with Crippen molar-refractivity contribution in [2.45, 2.75) is 12.5 Å². The maximum atomic E-state index is 11.3. The first-order chi connectivity index (χ1) is 7.15. The van der Waals surface area contributed by atoms with Crippen molar-refractivity contribution in [3.8, 4) is 0 Å². The quantitative estimate of drug-likeness (QED) is 0.599. The van der Waals surface area contributed by atoms with Crippen LogP contribution < -0.4 is 5.73 Å². The van der Waals surface area contributed by atoms with Crippen molar-refractivity contribution >= 4 is 23.2 Å². The smallest absolute Gasteiger partial charge is 0.216 e. The summed E-state index contributed by atoms with van der Waals surface area (Å²) in [6.45, 7) is 0. The number of rotatable bonds is 5. The lowest BCUT2D eigenvalue weighted by Gasteiger charge is -2.08. The highest BCUT2D eigenvalue weighted by atomic mass is 35.5. The Labute approximate surface area is 93.2 Å². The molecule has 0 saturated carbocycles. The molecule has 0 aromatic heterocycles. The van der Waals surface area contributed by atoms with Gasteiger partial charge < -0.3 is 5.73 Å². The first-order valence-electron chi connectivity index (χ1n) is 4.57. The minimum absolute atomic E-state index is 0.304. The SMILES string of the molecule is N[C@H](Cc1ccccc1)C(=O)C(=O)CCl. The van der Waals surface area contributed by atoms with Crippen LogP contribution in [-0.4, -0.2) is 23.5 Å². The predicted molar refractivity (Wildman–Crippen MR) is 58.9 cm³/mol. The first-order valence-corrected chi connectivity index (χ1v) is 5.11. The number of carbonyl (C=O) groups is 2. The summed E-state index contributed by atoms with van der Waals surface area (Å²) in [6.07, 6.45) is 0.363. The largest absolute Gasteiger partial charge is 0.321 e. The third-order valence-electron chi connectivity index (χ3n) is 2.03. The second-order valence-corrected chi connectivity index (χ2v) is 3.48. The summed E-state index contributed by atoms with van der Waals surface area (Å²) in [7, 11) is 0. The van der Waals surface area contributed by atoms with Gasteiger partial charge in [0.05, 0.1) is 11.9 Å². The van der Waals surface area contributed by atoms with Gasteiger partial charge in [-0.3, -0.25) is 9.59 Å². The fourth-order valence-corrected chi connectivity index (χ4v) is 1.37. The van der Waals surface area contributed by atoms with Gasteiger partial charge in [0.2, 0.25) is 11.6 Å². The van der Waals surface area contributed by atoms with Crippen molar-refractivity contribution in [1.82, 2.24) is 0 Å². The van der Waals surface area contributed by atoms with E-state index in [4.69, 9.17) is 17.3 Å². The second kappa shape index (κ2) is 5.63. The van der Waals surface area contributed by atoms with E-state index in [0.29, 0.717) is 6.42 Å². The molecule has 4 heteroatoms. The van der Waals surface area contributed by atoms with Crippen molar-refractivity contribution in [1.29, 1.82) is 0 Å². The molecule has 0 unspecified atom stereocenters. The Morgan fingerprint density at radius 3 is 2.40 bits per heavy atom. The maximum absolute atomic E-state index is 11.3. The van der Waals surface area contributed by atoms with E-state index in [1.165, 1.54) is 0 Å². The van der Waals surface area contributed by atoms with Crippen molar-refractivity contribution in [2.75, 3.05) is 5.88 Å². The van der Waals surface area contributed by atoms with Crippen LogP contribution in [-0.2, 0) is 16.0 Å². The Kier molecular flexibility index (Phi) is 4.46. The summed E-state index contributed by atoms with van der Waals surface area (Å²) in [4.78, 5) is 22.3. The molecule has 0 aliphatic heterocycles. The van der Waals surface area contributed by atoms with Crippen LogP contribution in [0, 0.1) is 0 Å². The van der Waals surface area contributed by atoms with Crippen molar-refractivity contribution in [3.63, 3.8) is 0 Å². The Morgan fingerprint density at radius 2 is 1.87 bits per heavy atom. The average molecular weight is 226 g/mol. The molecule has 15 heavy (non-hydrogen) atoms. The minimum atomic E-state index is -0.793. The van der Waals surface area contributed by atoms with Crippen molar-refractivity contribution in [3.05, 3.63) is 35.9 Å². The maximum Gasteiger partial charge on any atom is 0.216 e. The Hall–Kier alpha value is -1.19. The van der Waals surface area contributed by atoms with Gasteiger partial charge in [-0.05, 0) is 12.0 Å². The first kappa shape index (κ1) is 11.9. The lowest BCUT2D eigenvalue weighted by molar-refractivity contribution is -0.135. The molecule has 0 spiro atoms. The van der Waals surface area contributed by atoms with Gasteiger partial charge >= 0.3 is 0 Å². The lowest BCUT2D eigenvalue weighted by atomic mass is 10.0. The van der Waals surface area contributed by atoms with Gasteiger partial charge in [0.1, 0.15) is 0 Å². The molecule has 0 fully saturated rings. The van der Waals surface area contributed by atoms with Gasteiger partial charge in [-0.2, -0.15) is 0 Å². The van der Waals surface area contributed by atoms with Crippen LogP contribution in [0.2, 0.25) is 0 Å². The van der Waals surface area contributed by atoms with E-state index in [0.717, 1.165) is 5.56 Å². The summed E-state index contributed by atoms with van der Waals surface area (Å²) in [5, 5.41) is 0. The normalized spacial score (nSPS) is 12.1. The van der Waals surface area contributed by atoms with Crippen LogP contribution in [0.25, 0.3) is 0 Å². The molecular formula is C11H12ClNO2. The Balaban J connectivity index is 2.60. The van der Waals surface area contributed by atoms with Crippen LogP contribution in [0.4, 0.5) is 0 Å². The van der Waals surface area contributed by atoms with Crippen LogP contribution in [0.15, 0.2) is 30.3 Å². The molecule has 0 aliphatic carbocycles. The van der Waals surface area contributed by atoms with Gasteiger partial charge in [-0.25, -0.2) is 0 Å². The molecule has 0 amide bonds. The van der Waals surface area contributed by atoms with Gasteiger partial charge in [-0.15, -0.1) is 11.6 Å². The highest BCUT2D eigenvalue weighted by Crippen LogP contribution is 2.03. The van der Waals surface area contributed by atoms with Gasteiger partial charge in [0.15, 0.2) is 0 Å². The topological polar surface area (TPSA) is 60.2 Å². The fourth-order valence-electron chi connectivity index (χ4n) is 1.23. The predicted octanol–water partition coefficient (Wildman–Crippen LogP) is 0.933. The molecule has 0 radical (unpaired) electrons. The van der Waals surface area contributed by atoms with Crippen LogP contribution >= 0.6 is 11.6 Å². The monoisotopic (exact) mass is 225 g/mol. The van der Waals surface area contributed by atoms with E-state index in [9.17, 15) is 9.59 Å². The molecule has 1 rings (SSSR count). The third-order valence-corrected chi connectivity index (χ3v) is 2.27. The molecule has 1 aromatic rings. The zero-order valence-corrected chi connectivity index (χ0v) is 8.91. The van der Waals surface area contributed by atoms with Gasteiger partial charge in [-0.1, -0.05) is 30.3 Å². The Morgan fingerprint density at radius 1 is 1.27 bits per heavy atom. The highest BCUT2D eigenvalue weighted by Gasteiger charge is 2.20. The summed E-state index contributed by atoms with van der Waals surface area (Å²) < 4.78 is 0. The average Bonchev–Trinajstić information content (AvgIpc) is 2.28. The molecule has 2 N–H and O–H groups in total. The van der Waals surface area contributed by atoms with E-state index in [2.05, 4.69) is 0 Å². The lowest BCUT2D eigenvalue weighted by Crippen LogP contribution is -2.38. The van der Waals surface area contributed by atoms with E-state index in [1.54, 1.807) is 0 Å². The molecule has 0 heterocycles. The number of carbonyl (C=O) groups excluding carboxylic acids is 2. The van der Waals surface area contributed by atoms with Gasteiger partial charge in [0.25, 0.3) is 0 Å². The van der Waals surface area contributed by atoms with E-state index >= 15 is 0 Å². The number of benzene rings is 1. The van der Waals surface area contributed by atoms with E-state index < -0.39 is 17.6 Å². The van der Waals surface area contributed by atoms with Gasteiger partial charge in [0, 0.05) is 0 Å². The highest BCUT2D eigenvalue weighted by molar-refractivity contribution is 6.48. The zero-order chi connectivity index (χ0) is 11.3. The minimum Gasteiger partial charge on any atom is -0.321 e. The standard InChI is InChI=1S/C11H12ClNO2/c12-7-10(14)11(15)9(13)6-8-4-2-1-3-5-8/h1-5,9H,6-7,13H2/t9-/m1/s1. The summed E-state index contributed by atoms with van der Waals surface area (Å²) in [6, 6.07) is 8.52. The second-order valence-electron chi connectivity index (χ2n) is 3.22. The summed E-state index contributed by atoms with van der Waals surface area (Å²) in [5.74, 6) is -1.53. The molecule has 3 nitrogen and oxygen atoms in total. The Bertz CT molecular complexity index is 351. The van der Waals surface area contributed by atoms with Crippen LogP contribution in [0.1, 0.15) is 5.56 Å².